The zero-order valence-electron chi connectivity index (χ0n) is 8.41. The van der Waals surface area contributed by atoms with E-state index in [1.54, 1.807) is 10.9 Å². The van der Waals surface area contributed by atoms with Gasteiger partial charge in [0.05, 0.1) is 30.7 Å². The Hall–Kier alpha value is -1.17. The van der Waals surface area contributed by atoms with Gasteiger partial charge in [0.25, 0.3) is 5.92 Å². The second kappa shape index (κ2) is 3.44. The first-order valence-corrected chi connectivity index (χ1v) is 4.78. The Balaban J connectivity index is 1.77. The van der Waals surface area contributed by atoms with Crippen LogP contribution in [0.3, 0.4) is 0 Å². The van der Waals surface area contributed by atoms with Crippen molar-refractivity contribution in [2.45, 2.75) is 31.9 Å². The van der Waals surface area contributed by atoms with Crippen LogP contribution in [-0.4, -0.2) is 28.4 Å². The normalized spacial score (nSPS) is 23.0. The molecular weight excluding hydrogens is 204 g/mol. The second-order valence-corrected chi connectivity index (χ2v) is 3.73. The van der Waals surface area contributed by atoms with Crippen molar-refractivity contribution in [1.29, 1.82) is 0 Å². The summed E-state index contributed by atoms with van der Waals surface area (Å²) in [4.78, 5) is 0. The molecule has 0 spiro atoms. The maximum absolute atomic E-state index is 12.4. The Bertz CT molecular complexity index is 364. The van der Waals surface area contributed by atoms with E-state index in [-0.39, 0.29) is 13.0 Å². The minimum Gasteiger partial charge on any atom is -0.396 e. The number of ether oxygens (including phenoxy) is 1. The van der Waals surface area contributed by atoms with E-state index in [0.717, 1.165) is 5.69 Å². The smallest absolute Gasteiger partial charge is 0.276 e. The number of nitrogen functional groups attached to an aromatic ring is 1. The van der Waals surface area contributed by atoms with Crippen LogP contribution in [-0.2, 0) is 11.3 Å². The molecule has 1 aromatic rings. The zero-order valence-corrected chi connectivity index (χ0v) is 8.41. The molecule has 2 rings (SSSR count). The maximum Gasteiger partial charge on any atom is 0.276 e. The number of nitrogens with zero attached hydrogens (tertiary/aromatic N) is 2. The molecule has 0 saturated heterocycles. The van der Waals surface area contributed by atoms with Gasteiger partial charge < -0.3 is 10.5 Å². The van der Waals surface area contributed by atoms with E-state index in [4.69, 9.17) is 10.5 Å². The topological polar surface area (TPSA) is 53.1 Å². The summed E-state index contributed by atoms with van der Waals surface area (Å²) in [7, 11) is 0. The summed E-state index contributed by atoms with van der Waals surface area (Å²) >= 11 is 0. The molecule has 4 nitrogen and oxygen atoms in total. The number of anilines is 1. The molecule has 0 aromatic carbocycles. The van der Waals surface area contributed by atoms with Gasteiger partial charge >= 0.3 is 0 Å². The van der Waals surface area contributed by atoms with Crippen molar-refractivity contribution in [3.63, 3.8) is 0 Å². The minimum atomic E-state index is -2.61. The number of halogens is 2. The van der Waals surface area contributed by atoms with Gasteiger partial charge in [-0.25, -0.2) is 8.78 Å². The molecule has 1 unspecified atom stereocenters. The number of alkyl halides is 2. The first-order valence-electron chi connectivity index (χ1n) is 4.78. The summed E-state index contributed by atoms with van der Waals surface area (Å²) in [6, 6.07) is 0. The first-order chi connectivity index (χ1) is 7.00. The molecule has 0 radical (unpaired) electrons. The third-order valence-electron chi connectivity index (χ3n) is 2.53. The lowest BCUT2D eigenvalue weighted by Crippen LogP contribution is -2.12. The van der Waals surface area contributed by atoms with E-state index in [1.165, 1.54) is 0 Å². The van der Waals surface area contributed by atoms with Gasteiger partial charge in [0.15, 0.2) is 0 Å². The molecule has 1 atom stereocenters. The number of hydrogen-bond donors (Lipinski definition) is 1. The minimum absolute atomic E-state index is 0.159. The van der Waals surface area contributed by atoms with Gasteiger partial charge in [0.1, 0.15) is 6.10 Å². The molecule has 0 aliphatic heterocycles. The van der Waals surface area contributed by atoms with Gasteiger partial charge in [-0.3, -0.25) is 4.68 Å². The molecule has 1 saturated carbocycles. The standard InChI is InChI=1S/C9H13F2N3O/c1-6-7(12)5-13-14(6)2-3-15-8-4-9(8,10)11/h5,8H,2-4,12H2,1H3. The van der Waals surface area contributed by atoms with Crippen molar-refractivity contribution in [2.75, 3.05) is 12.3 Å². The molecule has 1 aromatic heterocycles. The fourth-order valence-electron chi connectivity index (χ4n) is 1.34. The van der Waals surface area contributed by atoms with Gasteiger partial charge in [-0.05, 0) is 6.92 Å². The third-order valence-corrected chi connectivity index (χ3v) is 2.53. The van der Waals surface area contributed by atoms with E-state index in [2.05, 4.69) is 5.10 Å². The average molecular weight is 217 g/mol. The molecule has 1 aliphatic rings. The molecule has 84 valence electrons. The molecule has 0 amide bonds. The Kier molecular flexibility index (Phi) is 2.38. The van der Waals surface area contributed by atoms with Gasteiger partial charge in [-0.2, -0.15) is 5.10 Å². The van der Waals surface area contributed by atoms with Crippen LogP contribution in [0.5, 0.6) is 0 Å². The van der Waals surface area contributed by atoms with Crippen LogP contribution in [0.4, 0.5) is 14.5 Å². The Labute approximate surface area is 86.0 Å². The van der Waals surface area contributed by atoms with Crippen molar-refractivity contribution in [3.05, 3.63) is 11.9 Å². The fraction of sp³-hybridized carbons (Fsp3) is 0.667. The predicted molar refractivity (Wildman–Crippen MR) is 50.7 cm³/mol. The molecule has 1 fully saturated rings. The van der Waals surface area contributed by atoms with Crippen molar-refractivity contribution >= 4 is 5.69 Å². The summed E-state index contributed by atoms with van der Waals surface area (Å²) in [5.74, 6) is -2.61. The second-order valence-electron chi connectivity index (χ2n) is 3.73. The van der Waals surface area contributed by atoms with Gasteiger partial charge in [0, 0.05) is 6.42 Å². The average Bonchev–Trinajstić information content (AvgIpc) is 2.65. The number of rotatable bonds is 4. The number of aromatic nitrogens is 2. The molecular formula is C9H13F2N3O. The van der Waals surface area contributed by atoms with Gasteiger partial charge in [0.2, 0.25) is 0 Å². The monoisotopic (exact) mass is 217 g/mol. The quantitative estimate of drug-likeness (QED) is 0.824. The van der Waals surface area contributed by atoms with Gasteiger partial charge in [-0.1, -0.05) is 0 Å². The molecule has 1 aliphatic carbocycles. The van der Waals surface area contributed by atoms with E-state index in [1.807, 2.05) is 6.92 Å². The highest BCUT2D eigenvalue weighted by Crippen LogP contribution is 2.44. The third kappa shape index (κ3) is 2.09. The lowest BCUT2D eigenvalue weighted by Gasteiger charge is -2.05. The van der Waals surface area contributed by atoms with Crippen LogP contribution >= 0.6 is 0 Å². The van der Waals surface area contributed by atoms with Crippen molar-refractivity contribution in [2.24, 2.45) is 0 Å². The Morgan fingerprint density at radius 2 is 2.40 bits per heavy atom. The van der Waals surface area contributed by atoms with Crippen molar-refractivity contribution in [1.82, 2.24) is 9.78 Å². The Morgan fingerprint density at radius 3 is 2.87 bits per heavy atom. The summed E-state index contributed by atoms with van der Waals surface area (Å²) < 4.78 is 31.5. The van der Waals surface area contributed by atoms with Gasteiger partial charge in [-0.15, -0.1) is 0 Å². The Morgan fingerprint density at radius 1 is 1.73 bits per heavy atom. The van der Waals surface area contributed by atoms with Crippen LogP contribution in [0, 0.1) is 6.92 Å². The largest absolute Gasteiger partial charge is 0.396 e. The van der Waals surface area contributed by atoms with E-state index < -0.39 is 12.0 Å². The van der Waals surface area contributed by atoms with Crippen molar-refractivity contribution in [3.8, 4) is 0 Å². The molecule has 0 bridgehead atoms. The van der Waals surface area contributed by atoms with Crippen LogP contribution in [0.15, 0.2) is 6.20 Å². The predicted octanol–water partition coefficient (Wildman–Crippen LogP) is 1.20. The van der Waals surface area contributed by atoms with E-state index in [0.29, 0.717) is 12.2 Å². The highest BCUT2D eigenvalue weighted by molar-refractivity contribution is 5.39. The van der Waals surface area contributed by atoms with E-state index in [9.17, 15) is 8.78 Å². The molecule has 15 heavy (non-hydrogen) atoms. The molecule has 2 N–H and O–H groups in total. The van der Waals surface area contributed by atoms with Crippen LogP contribution in [0.1, 0.15) is 12.1 Å². The fourth-order valence-corrected chi connectivity index (χ4v) is 1.34. The first kappa shape index (κ1) is 10.4. The lowest BCUT2D eigenvalue weighted by molar-refractivity contribution is 0.00990. The number of nitrogens with two attached hydrogens (primary N) is 1. The van der Waals surface area contributed by atoms with E-state index >= 15 is 0 Å². The number of hydrogen-bond acceptors (Lipinski definition) is 3. The van der Waals surface area contributed by atoms with Crippen LogP contribution < -0.4 is 5.73 Å². The molecule has 6 heteroatoms. The lowest BCUT2D eigenvalue weighted by atomic mass is 10.4. The highest BCUT2D eigenvalue weighted by Gasteiger charge is 2.58. The maximum atomic E-state index is 12.4. The SMILES string of the molecule is Cc1c(N)cnn1CCOC1CC1(F)F. The van der Waals surface area contributed by atoms with Crippen LogP contribution in [0.25, 0.3) is 0 Å². The summed E-state index contributed by atoms with van der Waals surface area (Å²) in [6.07, 6.45) is 0.486. The summed E-state index contributed by atoms with van der Waals surface area (Å²) in [6.45, 7) is 2.52. The highest BCUT2D eigenvalue weighted by atomic mass is 19.3. The van der Waals surface area contributed by atoms with Crippen LogP contribution in [0.2, 0.25) is 0 Å². The summed E-state index contributed by atoms with van der Waals surface area (Å²) in [5.41, 5.74) is 7.02. The van der Waals surface area contributed by atoms with Crippen molar-refractivity contribution < 1.29 is 13.5 Å². The molecule has 1 heterocycles. The summed E-state index contributed by atoms with van der Waals surface area (Å²) in [5, 5.41) is 3.99. The zero-order chi connectivity index (χ0) is 11.1.